The molecule has 1 aromatic rings. The summed E-state index contributed by atoms with van der Waals surface area (Å²) in [6, 6.07) is 4.91. The smallest absolute Gasteiger partial charge is 0.170 e. The van der Waals surface area contributed by atoms with Gasteiger partial charge in [0.15, 0.2) is 5.11 Å². The van der Waals surface area contributed by atoms with Gasteiger partial charge in [-0.15, -0.1) is 0 Å². The van der Waals surface area contributed by atoms with Crippen LogP contribution in [-0.4, -0.2) is 11.7 Å². The van der Waals surface area contributed by atoms with Gasteiger partial charge in [0.2, 0.25) is 0 Å². The third kappa shape index (κ3) is 4.14. The molecule has 0 aliphatic carbocycles. The molecule has 0 unspecified atom stereocenters. The predicted molar refractivity (Wildman–Crippen MR) is 70.3 cm³/mol. The van der Waals surface area contributed by atoms with Crippen molar-refractivity contribution in [3.05, 3.63) is 29.6 Å². The Morgan fingerprint density at radius 2 is 2.19 bits per heavy atom. The Bertz CT molecular complexity index is 366. The highest BCUT2D eigenvalue weighted by Crippen LogP contribution is 2.15. The topological polar surface area (TPSA) is 24.1 Å². The van der Waals surface area contributed by atoms with Crippen molar-refractivity contribution in [3.63, 3.8) is 0 Å². The summed E-state index contributed by atoms with van der Waals surface area (Å²) in [5.74, 6) is -0.287. The Labute approximate surface area is 101 Å². The number of unbranched alkanes of at least 4 members (excludes halogenated alkanes) is 1. The monoisotopic (exact) mass is 240 g/mol. The van der Waals surface area contributed by atoms with Gasteiger partial charge in [0.1, 0.15) is 5.82 Å². The average molecular weight is 240 g/mol. The molecule has 0 aromatic heterocycles. The van der Waals surface area contributed by atoms with E-state index in [-0.39, 0.29) is 5.82 Å². The molecule has 0 atom stereocenters. The zero-order chi connectivity index (χ0) is 12.0. The zero-order valence-corrected chi connectivity index (χ0v) is 10.5. The van der Waals surface area contributed by atoms with Crippen LogP contribution in [0.3, 0.4) is 0 Å². The zero-order valence-electron chi connectivity index (χ0n) is 9.64. The van der Waals surface area contributed by atoms with Crippen LogP contribution in [0.15, 0.2) is 18.2 Å². The fourth-order valence-corrected chi connectivity index (χ4v) is 1.49. The van der Waals surface area contributed by atoms with Crippen molar-refractivity contribution in [1.29, 1.82) is 0 Å². The largest absolute Gasteiger partial charge is 0.362 e. The summed E-state index contributed by atoms with van der Waals surface area (Å²) in [5, 5.41) is 6.36. The first kappa shape index (κ1) is 12.9. The molecule has 1 aromatic carbocycles. The summed E-state index contributed by atoms with van der Waals surface area (Å²) >= 11 is 5.06. The molecular formula is C12H17FN2S. The molecule has 1 rings (SSSR count). The van der Waals surface area contributed by atoms with Crippen molar-refractivity contribution < 1.29 is 4.39 Å². The number of halogens is 1. The molecule has 0 saturated carbocycles. The lowest BCUT2D eigenvalue weighted by Crippen LogP contribution is -2.29. The van der Waals surface area contributed by atoms with Gasteiger partial charge < -0.3 is 10.6 Å². The van der Waals surface area contributed by atoms with Crippen molar-refractivity contribution in [3.8, 4) is 0 Å². The van der Waals surface area contributed by atoms with Crippen molar-refractivity contribution >= 4 is 23.0 Å². The van der Waals surface area contributed by atoms with Gasteiger partial charge in [0, 0.05) is 6.54 Å². The van der Waals surface area contributed by atoms with Crippen LogP contribution in [0.4, 0.5) is 10.1 Å². The number of nitrogens with one attached hydrogen (secondary N) is 2. The van der Waals surface area contributed by atoms with Crippen LogP contribution in [0.5, 0.6) is 0 Å². The highest BCUT2D eigenvalue weighted by molar-refractivity contribution is 7.80. The predicted octanol–water partition coefficient (Wildman–Crippen LogP) is 3.22. The van der Waals surface area contributed by atoms with Crippen LogP contribution in [0.25, 0.3) is 0 Å². The Morgan fingerprint density at radius 1 is 1.44 bits per heavy atom. The van der Waals surface area contributed by atoms with Crippen molar-refractivity contribution in [2.24, 2.45) is 0 Å². The van der Waals surface area contributed by atoms with E-state index in [9.17, 15) is 4.39 Å². The van der Waals surface area contributed by atoms with E-state index in [1.165, 1.54) is 6.07 Å². The minimum atomic E-state index is -0.287. The van der Waals surface area contributed by atoms with Gasteiger partial charge in [-0.3, -0.25) is 0 Å². The molecule has 0 fully saturated rings. The molecular weight excluding hydrogens is 223 g/mol. The Morgan fingerprint density at radius 3 is 2.88 bits per heavy atom. The molecule has 0 aliphatic rings. The first-order valence-corrected chi connectivity index (χ1v) is 5.85. The van der Waals surface area contributed by atoms with Crippen molar-refractivity contribution in [2.75, 3.05) is 11.9 Å². The lowest BCUT2D eigenvalue weighted by Gasteiger charge is -2.11. The van der Waals surface area contributed by atoms with Gasteiger partial charge in [-0.05, 0) is 43.3 Å². The van der Waals surface area contributed by atoms with Crippen molar-refractivity contribution in [1.82, 2.24) is 5.32 Å². The van der Waals surface area contributed by atoms with E-state index in [1.54, 1.807) is 12.1 Å². The van der Waals surface area contributed by atoms with Crippen LogP contribution < -0.4 is 10.6 Å². The molecule has 0 aliphatic heterocycles. The molecule has 0 amide bonds. The molecule has 0 bridgehead atoms. The maximum Gasteiger partial charge on any atom is 0.170 e. The minimum Gasteiger partial charge on any atom is -0.362 e. The van der Waals surface area contributed by atoms with Crippen LogP contribution in [0.1, 0.15) is 25.3 Å². The number of anilines is 1. The standard InChI is InChI=1S/C12H17FN2S/c1-3-4-7-14-12(16)15-11-8-9(2)5-6-10(11)13/h5-6,8H,3-4,7H2,1-2H3,(H2,14,15,16). The number of benzene rings is 1. The van der Waals surface area contributed by atoms with E-state index in [1.807, 2.05) is 6.92 Å². The van der Waals surface area contributed by atoms with Crippen molar-refractivity contribution in [2.45, 2.75) is 26.7 Å². The lowest BCUT2D eigenvalue weighted by molar-refractivity contribution is 0.631. The Hall–Kier alpha value is -1.16. The average Bonchev–Trinajstić information content (AvgIpc) is 2.24. The summed E-state index contributed by atoms with van der Waals surface area (Å²) in [5.41, 5.74) is 1.43. The summed E-state index contributed by atoms with van der Waals surface area (Å²) < 4.78 is 13.4. The number of thiocarbonyl (C=S) groups is 1. The first-order valence-electron chi connectivity index (χ1n) is 5.44. The normalized spacial score (nSPS) is 9.94. The molecule has 0 heterocycles. The van der Waals surface area contributed by atoms with E-state index in [0.29, 0.717) is 10.8 Å². The number of hydrogen-bond acceptors (Lipinski definition) is 1. The molecule has 0 spiro atoms. The number of hydrogen-bond donors (Lipinski definition) is 2. The summed E-state index contributed by atoms with van der Waals surface area (Å²) in [7, 11) is 0. The second-order valence-corrected chi connectivity index (χ2v) is 4.13. The van der Waals surface area contributed by atoms with Crippen LogP contribution >= 0.6 is 12.2 Å². The first-order chi connectivity index (χ1) is 7.63. The number of aryl methyl sites for hydroxylation is 1. The quantitative estimate of drug-likeness (QED) is 0.624. The second-order valence-electron chi connectivity index (χ2n) is 3.72. The van der Waals surface area contributed by atoms with Gasteiger partial charge in [0.25, 0.3) is 0 Å². The van der Waals surface area contributed by atoms with Crippen LogP contribution in [0, 0.1) is 12.7 Å². The Balaban J connectivity index is 2.52. The van der Waals surface area contributed by atoms with Gasteiger partial charge in [-0.2, -0.15) is 0 Å². The summed E-state index contributed by atoms with van der Waals surface area (Å²) in [4.78, 5) is 0. The fraction of sp³-hybridized carbons (Fsp3) is 0.417. The highest BCUT2D eigenvalue weighted by Gasteiger charge is 2.03. The molecule has 2 N–H and O–H groups in total. The summed E-state index contributed by atoms with van der Waals surface area (Å²) in [6.45, 7) is 4.84. The number of rotatable bonds is 4. The molecule has 0 saturated heterocycles. The second kappa shape index (κ2) is 6.43. The Kier molecular flexibility index (Phi) is 5.19. The molecule has 4 heteroatoms. The van der Waals surface area contributed by atoms with Gasteiger partial charge in [-0.25, -0.2) is 4.39 Å². The van der Waals surface area contributed by atoms with E-state index in [4.69, 9.17) is 12.2 Å². The van der Waals surface area contributed by atoms with Crippen LogP contribution in [-0.2, 0) is 0 Å². The van der Waals surface area contributed by atoms with Gasteiger partial charge >= 0.3 is 0 Å². The van der Waals surface area contributed by atoms with E-state index >= 15 is 0 Å². The lowest BCUT2D eigenvalue weighted by atomic mass is 10.2. The van der Waals surface area contributed by atoms with Crippen LogP contribution in [0.2, 0.25) is 0 Å². The molecule has 0 radical (unpaired) electrons. The fourth-order valence-electron chi connectivity index (χ4n) is 1.28. The molecule has 88 valence electrons. The highest BCUT2D eigenvalue weighted by atomic mass is 32.1. The van der Waals surface area contributed by atoms with Gasteiger partial charge in [-0.1, -0.05) is 19.4 Å². The van der Waals surface area contributed by atoms with E-state index in [2.05, 4.69) is 17.6 Å². The van der Waals surface area contributed by atoms with E-state index < -0.39 is 0 Å². The third-order valence-corrected chi connectivity index (χ3v) is 2.43. The SMILES string of the molecule is CCCCNC(=S)Nc1cc(C)ccc1F. The van der Waals surface area contributed by atoms with Gasteiger partial charge in [0.05, 0.1) is 5.69 Å². The third-order valence-electron chi connectivity index (χ3n) is 2.19. The summed E-state index contributed by atoms with van der Waals surface area (Å²) in [6.07, 6.45) is 2.16. The minimum absolute atomic E-state index is 0.287. The maximum atomic E-state index is 13.4. The molecule has 2 nitrogen and oxygen atoms in total. The molecule has 16 heavy (non-hydrogen) atoms. The maximum absolute atomic E-state index is 13.4. The van der Waals surface area contributed by atoms with E-state index in [0.717, 1.165) is 24.9 Å².